The van der Waals surface area contributed by atoms with Gasteiger partial charge in [-0.25, -0.2) is 0 Å². The van der Waals surface area contributed by atoms with Gasteiger partial charge >= 0.3 is 0 Å². The number of likely N-dealkylation sites (tertiary alicyclic amines) is 1. The highest BCUT2D eigenvalue weighted by Crippen LogP contribution is 2.16. The Morgan fingerprint density at radius 2 is 2.22 bits per heavy atom. The number of nitrogens with zero attached hydrogens (tertiary/aromatic N) is 2. The summed E-state index contributed by atoms with van der Waals surface area (Å²) in [7, 11) is 0. The molecule has 0 aromatic carbocycles. The summed E-state index contributed by atoms with van der Waals surface area (Å²) in [6, 6.07) is 3.73. The van der Waals surface area contributed by atoms with E-state index >= 15 is 0 Å². The molecule has 0 aliphatic carbocycles. The van der Waals surface area contributed by atoms with Crippen LogP contribution in [0.3, 0.4) is 0 Å². The van der Waals surface area contributed by atoms with Gasteiger partial charge in [0.1, 0.15) is 0 Å². The zero-order chi connectivity index (χ0) is 12.8. The van der Waals surface area contributed by atoms with E-state index in [-0.39, 0.29) is 6.61 Å². The lowest BCUT2D eigenvalue weighted by atomic mass is 10.1. The number of hydrogen-bond acceptors (Lipinski definition) is 5. The molecule has 2 rings (SSSR count). The molecule has 1 aliphatic heterocycles. The first-order valence-electron chi connectivity index (χ1n) is 6.43. The van der Waals surface area contributed by atoms with E-state index in [1.807, 2.05) is 6.07 Å². The standard InChI is InChI=1S/C13H21N3O2/c14-11-1-4-15-12(9-11)10-16-5-2-13(3-6-16)18-8-7-17/h1,4,9,13,17H,2-3,5-8,10H2,(H2,14,15). The minimum atomic E-state index is 0.105. The lowest BCUT2D eigenvalue weighted by Gasteiger charge is -2.31. The van der Waals surface area contributed by atoms with Gasteiger partial charge < -0.3 is 15.6 Å². The molecule has 1 aromatic heterocycles. The monoisotopic (exact) mass is 251 g/mol. The topological polar surface area (TPSA) is 71.6 Å². The van der Waals surface area contributed by atoms with E-state index in [1.54, 1.807) is 12.3 Å². The van der Waals surface area contributed by atoms with Gasteiger partial charge in [0.2, 0.25) is 0 Å². The molecule has 100 valence electrons. The molecule has 1 fully saturated rings. The highest BCUT2D eigenvalue weighted by Gasteiger charge is 2.19. The van der Waals surface area contributed by atoms with E-state index in [9.17, 15) is 0 Å². The largest absolute Gasteiger partial charge is 0.399 e. The Morgan fingerprint density at radius 3 is 2.89 bits per heavy atom. The van der Waals surface area contributed by atoms with Gasteiger partial charge in [-0.3, -0.25) is 9.88 Å². The van der Waals surface area contributed by atoms with Crippen LogP contribution in [0.2, 0.25) is 0 Å². The van der Waals surface area contributed by atoms with Crippen molar-refractivity contribution in [2.45, 2.75) is 25.5 Å². The van der Waals surface area contributed by atoms with Gasteiger partial charge in [-0.15, -0.1) is 0 Å². The second kappa shape index (κ2) is 6.68. The Bertz CT molecular complexity index is 365. The summed E-state index contributed by atoms with van der Waals surface area (Å²) in [5.74, 6) is 0. The molecule has 0 saturated carbocycles. The van der Waals surface area contributed by atoms with E-state index in [4.69, 9.17) is 15.6 Å². The highest BCUT2D eigenvalue weighted by molar-refractivity contribution is 5.37. The third-order valence-electron chi connectivity index (χ3n) is 3.21. The van der Waals surface area contributed by atoms with Crippen molar-refractivity contribution in [1.29, 1.82) is 0 Å². The number of rotatable bonds is 5. The number of hydrogen-bond donors (Lipinski definition) is 2. The number of aromatic nitrogens is 1. The van der Waals surface area contributed by atoms with Crippen LogP contribution in [0.4, 0.5) is 5.69 Å². The normalized spacial score (nSPS) is 18.1. The average molecular weight is 251 g/mol. The molecule has 1 aliphatic rings. The van der Waals surface area contributed by atoms with Crippen LogP contribution in [0, 0.1) is 0 Å². The van der Waals surface area contributed by atoms with Crippen molar-refractivity contribution in [1.82, 2.24) is 9.88 Å². The van der Waals surface area contributed by atoms with Crippen LogP contribution < -0.4 is 5.73 Å². The predicted octanol–water partition coefficient (Wildman–Crippen LogP) is 0.637. The Kier molecular flexibility index (Phi) is 4.92. The van der Waals surface area contributed by atoms with Crippen LogP contribution in [0.5, 0.6) is 0 Å². The number of piperidine rings is 1. The second-order valence-electron chi connectivity index (χ2n) is 4.65. The molecule has 0 spiro atoms. The summed E-state index contributed by atoms with van der Waals surface area (Å²) in [4.78, 5) is 6.68. The maximum Gasteiger partial charge on any atom is 0.0701 e. The zero-order valence-corrected chi connectivity index (χ0v) is 10.6. The zero-order valence-electron chi connectivity index (χ0n) is 10.6. The predicted molar refractivity (Wildman–Crippen MR) is 70.0 cm³/mol. The summed E-state index contributed by atoms with van der Waals surface area (Å²) in [5.41, 5.74) is 7.52. The summed E-state index contributed by atoms with van der Waals surface area (Å²) < 4.78 is 5.54. The molecule has 5 nitrogen and oxygen atoms in total. The number of ether oxygens (including phenoxy) is 1. The van der Waals surface area contributed by atoms with E-state index < -0.39 is 0 Å². The fourth-order valence-electron chi connectivity index (χ4n) is 2.27. The molecule has 2 heterocycles. The van der Waals surface area contributed by atoms with Crippen molar-refractivity contribution >= 4 is 5.69 Å². The van der Waals surface area contributed by atoms with Crippen LogP contribution in [0.1, 0.15) is 18.5 Å². The van der Waals surface area contributed by atoms with Crippen LogP contribution >= 0.6 is 0 Å². The van der Waals surface area contributed by atoms with Gasteiger partial charge in [0, 0.05) is 31.5 Å². The maximum atomic E-state index is 8.71. The Labute approximate surface area is 108 Å². The lowest BCUT2D eigenvalue weighted by Crippen LogP contribution is -2.37. The number of pyridine rings is 1. The van der Waals surface area contributed by atoms with Crippen molar-refractivity contribution < 1.29 is 9.84 Å². The summed E-state index contributed by atoms with van der Waals surface area (Å²) in [6.45, 7) is 3.41. The summed E-state index contributed by atoms with van der Waals surface area (Å²) >= 11 is 0. The van der Waals surface area contributed by atoms with Crippen LogP contribution in [0.25, 0.3) is 0 Å². The Balaban J connectivity index is 1.76. The van der Waals surface area contributed by atoms with E-state index in [0.29, 0.717) is 12.7 Å². The molecule has 0 bridgehead atoms. The first kappa shape index (κ1) is 13.3. The molecule has 5 heteroatoms. The van der Waals surface area contributed by atoms with E-state index in [0.717, 1.165) is 43.9 Å². The van der Waals surface area contributed by atoms with Crippen LogP contribution in [0.15, 0.2) is 18.3 Å². The molecule has 1 saturated heterocycles. The summed E-state index contributed by atoms with van der Waals surface area (Å²) in [6.07, 6.45) is 4.08. The first-order chi connectivity index (χ1) is 8.78. The minimum Gasteiger partial charge on any atom is -0.399 e. The number of aliphatic hydroxyl groups is 1. The van der Waals surface area contributed by atoms with Gasteiger partial charge in [0.25, 0.3) is 0 Å². The molecule has 0 amide bonds. The van der Waals surface area contributed by atoms with E-state index in [1.165, 1.54) is 0 Å². The third-order valence-corrected chi connectivity index (χ3v) is 3.21. The van der Waals surface area contributed by atoms with Gasteiger partial charge in [0.05, 0.1) is 25.0 Å². The van der Waals surface area contributed by atoms with Gasteiger partial charge in [-0.2, -0.15) is 0 Å². The maximum absolute atomic E-state index is 8.71. The molecule has 0 unspecified atom stereocenters. The third kappa shape index (κ3) is 3.94. The fourth-order valence-corrected chi connectivity index (χ4v) is 2.27. The fraction of sp³-hybridized carbons (Fsp3) is 0.615. The molecular weight excluding hydrogens is 230 g/mol. The van der Waals surface area contributed by atoms with Crippen molar-refractivity contribution in [2.75, 3.05) is 32.0 Å². The molecule has 0 radical (unpaired) electrons. The first-order valence-corrected chi connectivity index (χ1v) is 6.43. The SMILES string of the molecule is Nc1ccnc(CN2CCC(OCCO)CC2)c1. The summed E-state index contributed by atoms with van der Waals surface area (Å²) in [5, 5.41) is 8.71. The number of anilines is 1. The molecule has 1 aromatic rings. The van der Waals surface area contributed by atoms with Crippen molar-refractivity contribution in [3.05, 3.63) is 24.0 Å². The number of aliphatic hydroxyl groups excluding tert-OH is 1. The van der Waals surface area contributed by atoms with Gasteiger partial charge in [-0.1, -0.05) is 0 Å². The smallest absolute Gasteiger partial charge is 0.0701 e. The highest BCUT2D eigenvalue weighted by atomic mass is 16.5. The van der Waals surface area contributed by atoms with E-state index in [2.05, 4.69) is 9.88 Å². The van der Waals surface area contributed by atoms with Crippen molar-refractivity contribution in [3.63, 3.8) is 0 Å². The van der Waals surface area contributed by atoms with Crippen LogP contribution in [-0.2, 0) is 11.3 Å². The van der Waals surface area contributed by atoms with Gasteiger partial charge in [-0.05, 0) is 25.0 Å². The number of nitrogen functional groups attached to an aromatic ring is 1. The molecular formula is C13H21N3O2. The average Bonchev–Trinajstić information content (AvgIpc) is 2.38. The van der Waals surface area contributed by atoms with Gasteiger partial charge in [0.15, 0.2) is 0 Å². The minimum absolute atomic E-state index is 0.105. The Morgan fingerprint density at radius 1 is 1.44 bits per heavy atom. The molecule has 18 heavy (non-hydrogen) atoms. The van der Waals surface area contributed by atoms with Crippen molar-refractivity contribution in [3.8, 4) is 0 Å². The second-order valence-corrected chi connectivity index (χ2v) is 4.65. The van der Waals surface area contributed by atoms with Crippen molar-refractivity contribution in [2.24, 2.45) is 0 Å². The Hall–Kier alpha value is -1.17. The lowest BCUT2D eigenvalue weighted by molar-refractivity contribution is -0.00918. The molecule has 3 N–H and O–H groups in total. The van der Waals surface area contributed by atoms with Crippen LogP contribution in [-0.4, -0.2) is 47.4 Å². The quantitative estimate of drug-likeness (QED) is 0.803. The molecule has 0 atom stereocenters. The number of nitrogens with two attached hydrogens (primary N) is 1.